The van der Waals surface area contributed by atoms with Crippen LogP contribution in [0, 0.1) is 11.3 Å². The number of phosphoric acid groups is 3. The zero-order chi connectivity index (χ0) is 42.2. The largest absolute Gasteiger partial charge is 0.790 e. The van der Waals surface area contributed by atoms with E-state index in [0.29, 0.717) is 0 Å². The fraction of sp³-hybridized carbons (Fsp3) is 0.654. The van der Waals surface area contributed by atoms with Crippen molar-refractivity contribution >= 4 is 75.1 Å². The van der Waals surface area contributed by atoms with Crippen molar-refractivity contribution in [2.45, 2.75) is 64.3 Å². The average molecular weight is 877 g/mol. The second-order valence-corrected chi connectivity index (χ2v) is 17.8. The zero-order valence-electron chi connectivity index (χ0n) is 29.5. The van der Waals surface area contributed by atoms with E-state index in [9.17, 15) is 67.8 Å². The number of nitrogens with one attached hydrogen (secondary N) is 2. The van der Waals surface area contributed by atoms with Crippen LogP contribution in [0.15, 0.2) is 12.7 Å². The first-order valence-corrected chi connectivity index (χ1v) is 21.4. The van der Waals surface area contributed by atoms with Gasteiger partial charge in [0.2, 0.25) is 11.8 Å². The SMILES string of the molecule is C[C@@H](CC(=O)[O-])C(=O)SCCNC(=O)CCNC(=O)[C@H](O)C(C)(C)COP(=O)([O-])OP(=O)([O-])OC[C@H]1O[C@@H](n2cnc3c(N)ncnc32)[C@H](O)[C@@H]1OP(=O)([O-])[O-]. The minimum Gasteiger partial charge on any atom is -0.790 e. The molecule has 0 saturated carbocycles. The number of nitrogens with two attached hydrogens (primary N) is 1. The van der Waals surface area contributed by atoms with Gasteiger partial charge in [-0.2, -0.15) is 0 Å². The van der Waals surface area contributed by atoms with E-state index in [1.807, 2.05) is 0 Å². The molecule has 26 nitrogen and oxygen atoms in total. The molecule has 0 aromatic carbocycles. The lowest BCUT2D eigenvalue weighted by Gasteiger charge is -2.36. The molecule has 2 amide bonds. The third-order valence-electron chi connectivity index (χ3n) is 7.60. The first kappa shape index (κ1) is 47.4. The first-order chi connectivity index (χ1) is 25.8. The average Bonchev–Trinajstić information content (AvgIpc) is 3.64. The van der Waals surface area contributed by atoms with Crippen LogP contribution in [-0.4, -0.2) is 109 Å². The van der Waals surface area contributed by atoms with Gasteiger partial charge in [-0.3, -0.25) is 28.1 Å². The van der Waals surface area contributed by atoms with Crippen LogP contribution in [0.3, 0.4) is 0 Å². The van der Waals surface area contributed by atoms with Gasteiger partial charge in [-0.05, 0) is 6.42 Å². The summed E-state index contributed by atoms with van der Waals surface area (Å²) in [4.78, 5) is 106. The molecule has 0 radical (unpaired) electrons. The molecular weight excluding hydrogens is 839 g/mol. The number of rotatable bonds is 22. The maximum atomic E-state index is 12.5. The van der Waals surface area contributed by atoms with Crippen molar-refractivity contribution in [3.8, 4) is 0 Å². The molecule has 1 aliphatic rings. The Labute approximate surface area is 321 Å². The molecule has 2 aromatic rings. The van der Waals surface area contributed by atoms with Gasteiger partial charge < -0.3 is 78.9 Å². The predicted octanol–water partition coefficient (Wildman–Crippen LogP) is -5.09. The van der Waals surface area contributed by atoms with Crippen molar-refractivity contribution in [1.29, 1.82) is 0 Å². The van der Waals surface area contributed by atoms with Crippen molar-refractivity contribution in [3.63, 3.8) is 0 Å². The number of hydrogen-bond acceptors (Lipinski definition) is 24. The Hall–Kier alpha value is -2.97. The maximum Gasteiger partial charge on any atom is 0.274 e. The number of hydrogen-bond donors (Lipinski definition) is 5. The van der Waals surface area contributed by atoms with Gasteiger partial charge in [0.25, 0.3) is 15.6 Å². The summed E-state index contributed by atoms with van der Waals surface area (Å²) in [5.41, 5.74) is 4.00. The third kappa shape index (κ3) is 14.1. The van der Waals surface area contributed by atoms with Gasteiger partial charge >= 0.3 is 0 Å². The highest BCUT2D eigenvalue weighted by Gasteiger charge is 2.47. The predicted molar refractivity (Wildman–Crippen MR) is 177 cm³/mol. The second-order valence-electron chi connectivity index (χ2n) is 12.6. The fourth-order valence-electron chi connectivity index (χ4n) is 4.73. The number of fused-ring (bicyclic) bond motifs is 1. The molecule has 3 heterocycles. The molecular formula is C26H37N7O19P3S-5. The molecule has 0 bridgehead atoms. The molecule has 1 aliphatic heterocycles. The van der Waals surface area contributed by atoms with Crippen LogP contribution in [0.2, 0.25) is 0 Å². The maximum absolute atomic E-state index is 12.5. The Morgan fingerprint density at radius 1 is 1.07 bits per heavy atom. The van der Waals surface area contributed by atoms with Crippen LogP contribution in [0.1, 0.15) is 39.8 Å². The van der Waals surface area contributed by atoms with Crippen molar-refractivity contribution in [1.82, 2.24) is 30.2 Å². The monoisotopic (exact) mass is 876 g/mol. The number of aliphatic carboxylic acids is 1. The van der Waals surface area contributed by atoms with Gasteiger partial charge in [-0.1, -0.05) is 32.5 Å². The Morgan fingerprint density at radius 2 is 1.73 bits per heavy atom. The molecule has 0 spiro atoms. The number of phosphoric ester groups is 3. The van der Waals surface area contributed by atoms with Gasteiger partial charge in [-0.25, -0.2) is 19.3 Å². The van der Waals surface area contributed by atoms with E-state index in [2.05, 4.69) is 43.5 Å². The number of aromatic nitrogens is 4. The number of thioether (sulfide) groups is 1. The Bertz CT molecular complexity index is 1880. The summed E-state index contributed by atoms with van der Waals surface area (Å²) >= 11 is 0.818. The van der Waals surface area contributed by atoms with Crippen molar-refractivity contribution in [2.24, 2.45) is 11.3 Å². The van der Waals surface area contributed by atoms with Crippen molar-refractivity contribution in [2.75, 3.05) is 37.8 Å². The minimum absolute atomic E-state index is 0.0315. The molecule has 2 aromatic heterocycles. The van der Waals surface area contributed by atoms with E-state index in [-0.39, 0.29) is 42.2 Å². The summed E-state index contributed by atoms with van der Waals surface area (Å²) in [5.74, 6) is -3.71. The Balaban J connectivity index is 1.49. The molecule has 1 fully saturated rings. The zero-order valence-corrected chi connectivity index (χ0v) is 33.0. The molecule has 8 atom stereocenters. The highest BCUT2D eigenvalue weighted by molar-refractivity contribution is 8.13. The van der Waals surface area contributed by atoms with E-state index >= 15 is 0 Å². The quantitative estimate of drug-likeness (QED) is 0.0545. The topological polar surface area (TPSA) is 415 Å². The number of nitrogens with zero attached hydrogens (tertiary/aromatic N) is 4. The lowest BCUT2D eigenvalue weighted by Crippen LogP contribution is -2.46. The van der Waals surface area contributed by atoms with Crippen LogP contribution < -0.4 is 41.0 Å². The number of amides is 2. The van der Waals surface area contributed by atoms with Crippen LogP contribution >= 0.6 is 35.2 Å². The van der Waals surface area contributed by atoms with Crippen LogP contribution in [-0.2, 0) is 55.5 Å². The second kappa shape index (κ2) is 19.7. The number of aliphatic hydroxyl groups excluding tert-OH is 2. The smallest absolute Gasteiger partial charge is 0.274 e. The number of carboxylic acid groups (broad SMARTS) is 1. The molecule has 30 heteroatoms. The molecule has 1 saturated heterocycles. The number of carbonyl (C=O) groups is 4. The minimum atomic E-state index is -5.93. The van der Waals surface area contributed by atoms with Gasteiger partial charge in [-0.15, -0.1) is 0 Å². The molecule has 6 N–H and O–H groups in total. The summed E-state index contributed by atoms with van der Waals surface area (Å²) in [6, 6.07) is 0. The van der Waals surface area contributed by atoms with Crippen LogP contribution in [0.5, 0.6) is 0 Å². The molecule has 3 rings (SSSR count). The molecule has 316 valence electrons. The normalized spacial score (nSPS) is 22.2. The van der Waals surface area contributed by atoms with Crippen molar-refractivity contribution < 1.29 is 90.4 Å². The molecule has 2 unspecified atom stereocenters. The van der Waals surface area contributed by atoms with Gasteiger partial charge in [0.1, 0.15) is 36.3 Å². The number of carboxylic acids is 1. The number of ether oxygens (including phenoxy) is 1. The molecule has 0 aliphatic carbocycles. The van der Waals surface area contributed by atoms with E-state index < -0.39 is 108 Å². The number of nitrogen functional groups attached to an aromatic ring is 1. The first-order valence-electron chi connectivity index (χ1n) is 16.0. The third-order valence-corrected chi connectivity index (χ3v) is 11.7. The summed E-state index contributed by atoms with van der Waals surface area (Å²) in [6.45, 7) is 1.19. The number of aliphatic hydroxyl groups is 2. The Morgan fingerprint density at radius 3 is 2.38 bits per heavy atom. The fourth-order valence-corrected chi connectivity index (χ4v) is 8.24. The summed E-state index contributed by atoms with van der Waals surface area (Å²) in [5, 5.41) is 36.2. The standard InChI is InChI=1S/C26H42N7O19P3S/c1-13(8-16(35)36)25(40)56-7-6-28-15(34)4-5-29-23(39)20(38)26(2,3)10-49-55(46,47)52-54(44,45)48-9-14-19(51-53(41,42)43)18(37)24(50-14)33-12-32-17-21(27)30-11-31-22(17)33/h11-14,18-20,24,37-38H,4-10H2,1-3H3,(H,28,34)(H,29,39)(H,35,36)(H,44,45)(H,46,47)(H2,27,30,31)(H2,41,42,43)/p-5/t13-,14+,18+,19+,20-,24+/m0/s1. The van der Waals surface area contributed by atoms with Crippen LogP contribution in [0.4, 0.5) is 5.82 Å². The summed E-state index contributed by atoms with van der Waals surface area (Å²) in [7, 11) is -17.7. The highest BCUT2D eigenvalue weighted by Crippen LogP contribution is 2.56. The van der Waals surface area contributed by atoms with Gasteiger partial charge in [0.15, 0.2) is 22.8 Å². The Kier molecular flexibility index (Phi) is 16.6. The van der Waals surface area contributed by atoms with E-state index in [0.717, 1.165) is 42.8 Å². The van der Waals surface area contributed by atoms with Gasteiger partial charge in [0.05, 0.1) is 27.4 Å². The molecule has 56 heavy (non-hydrogen) atoms. The van der Waals surface area contributed by atoms with Crippen molar-refractivity contribution in [3.05, 3.63) is 12.7 Å². The lowest BCUT2D eigenvalue weighted by molar-refractivity contribution is -0.347. The van der Waals surface area contributed by atoms with E-state index in [4.69, 9.17) is 10.5 Å². The summed E-state index contributed by atoms with van der Waals surface area (Å²) in [6.07, 6.45) is -8.23. The van der Waals surface area contributed by atoms with Gasteiger partial charge in [0, 0.05) is 42.6 Å². The van der Waals surface area contributed by atoms with E-state index in [1.54, 1.807) is 0 Å². The number of imidazole rings is 1. The summed E-state index contributed by atoms with van der Waals surface area (Å²) < 4.78 is 60.3. The number of carbonyl (C=O) groups excluding carboxylic acids is 4. The van der Waals surface area contributed by atoms with Crippen LogP contribution in [0.25, 0.3) is 11.2 Å². The van der Waals surface area contributed by atoms with E-state index in [1.165, 1.54) is 6.92 Å². The lowest BCUT2D eigenvalue weighted by atomic mass is 9.87. The number of anilines is 1. The highest BCUT2D eigenvalue weighted by atomic mass is 32.2.